The van der Waals surface area contributed by atoms with Gasteiger partial charge in [-0.25, -0.2) is 9.78 Å². The molecule has 0 N–H and O–H groups in total. The summed E-state index contributed by atoms with van der Waals surface area (Å²) in [6, 6.07) is 26.5. The van der Waals surface area contributed by atoms with E-state index in [0.717, 1.165) is 135 Å². The first-order chi connectivity index (χ1) is 52.9. The van der Waals surface area contributed by atoms with Crippen LogP contribution >= 0.6 is 11.3 Å². The summed E-state index contributed by atoms with van der Waals surface area (Å²) in [6.07, 6.45) is 31.5. The molecule has 0 atom stereocenters. The van der Waals surface area contributed by atoms with Crippen LogP contribution in [0.25, 0.3) is 33.7 Å². The van der Waals surface area contributed by atoms with E-state index < -0.39 is 5.69 Å². The van der Waals surface area contributed by atoms with Gasteiger partial charge in [0.05, 0.1) is 101 Å². The minimum Gasteiger partial charge on any atom is -0.493 e. The average molecular weight is 1510 g/mol. The Labute approximate surface area is 660 Å². The van der Waals surface area contributed by atoms with Crippen LogP contribution in [-0.4, -0.2) is 107 Å². The molecule has 12 heterocycles. The van der Waals surface area contributed by atoms with Gasteiger partial charge in [-0.15, -0.1) is 0 Å². The van der Waals surface area contributed by atoms with E-state index in [1.165, 1.54) is 217 Å². The fourth-order valence-corrected chi connectivity index (χ4v) is 19.8. The third-order valence-electron chi connectivity index (χ3n) is 25.7. The van der Waals surface area contributed by atoms with Gasteiger partial charge in [0.2, 0.25) is 5.51 Å². The molecule has 2 spiro atoms. The molecule has 0 unspecified atom stereocenters. The fraction of sp³-hybridized carbons (Fsp3) is 0.611. The molecule has 0 aliphatic carbocycles. The van der Waals surface area contributed by atoms with Crippen molar-refractivity contribution >= 4 is 22.4 Å². The molecule has 5 aromatic carbocycles. The molecule has 11 aliphatic heterocycles. The highest BCUT2D eigenvalue weighted by Gasteiger charge is 2.48. The SMILES string of the molecule is CCCCCC[N+]1(CCCCCC)CCC2(CC1)c1cc(C)c(c(C)c1)OCCCCOc1c(C)cc(cc1-c1ccc3c(c1)nc1c(=O)n(CCCC)c(=O)nc-1n3CCCC)C1(CC[N+](CCCCCC)(CCCCCC)CC1)c1cc(C)c(c(C)c1)OCCCCOc1c(C)cc2cc1C[n+]1cscc1C. The summed E-state index contributed by atoms with van der Waals surface area (Å²) in [5.74, 6) is 4.23. The predicted octanol–water partition coefficient (Wildman–Crippen LogP) is 21.8. The number of ether oxygens (including phenoxy) is 4. The molecular formula is C95H138N7O6S+3. The van der Waals surface area contributed by atoms with Gasteiger partial charge in [0, 0.05) is 62.1 Å². The van der Waals surface area contributed by atoms with Gasteiger partial charge in [0.15, 0.2) is 23.8 Å². The molecule has 0 saturated carbocycles. The van der Waals surface area contributed by atoms with Gasteiger partial charge in [-0.1, -0.05) is 160 Å². The lowest BCUT2D eigenvalue weighted by atomic mass is 9.66. The molecule has 2 fully saturated rings. The first-order valence-corrected chi connectivity index (χ1v) is 44.4. The van der Waals surface area contributed by atoms with E-state index in [9.17, 15) is 9.59 Å². The minimum atomic E-state index is -0.511. The molecule has 592 valence electrons. The zero-order valence-corrected chi connectivity index (χ0v) is 70.7. The van der Waals surface area contributed by atoms with E-state index in [-0.39, 0.29) is 22.1 Å². The van der Waals surface area contributed by atoms with Crippen molar-refractivity contribution in [2.75, 3.05) is 78.8 Å². The van der Waals surface area contributed by atoms with E-state index in [0.29, 0.717) is 57.3 Å². The van der Waals surface area contributed by atoms with E-state index in [1.807, 2.05) is 0 Å². The summed E-state index contributed by atoms with van der Waals surface area (Å²) in [5.41, 5.74) is 19.8. The molecule has 0 amide bonds. The zero-order chi connectivity index (χ0) is 77.1. The van der Waals surface area contributed by atoms with Gasteiger partial charge in [-0.2, -0.15) is 9.55 Å². The Kier molecular flexibility index (Phi) is 29.8. The second-order valence-corrected chi connectivity index (χ2v) is 34.6. The summed E-state index contributed by atoms with van der Waals surface area (Å²) >= 11 is 1.77. The number of rotatable bonds is 29. The molecular weight excluding hydrogens is 1370 g/mol. The van der Waals surface area contributed by atoms with Gasteiger partial charge < -0.3 is 32.5 Å². The van der Waals surface area contributed by atoms with Crippen LogP contribution in [0.2, 0.25) is 0 Å². The van der Waals surface area contributed by atoms with Crippen molar-refractivity contribution in [3.63, 3.8) is 0 Å². The summed E-state index contributed by atoms with van der Waals surface area (Å²) in [4.78, 5) is 38.1. The van der Waals surface area contributed by atoms with Crippen LogP contribution in [0.3, 0.4) is 0 Å². The highest BCUT2D eigenvalue weighted by molar-refractivity contribution is 7.07. The monoisotopic (exact) mass is 1510 g/mol. The van der Waals surface area contributed by atoms with E-state index in [2.05, 4.69) is 182 Å². The second kappa shape index (κ2) is 39.1. The molecule has 8 bridgehead atoms. The Balaban J connectivity index is 1.00. The number of aryl methyl sites for hydroxylation is 8. The number of hydrogen-bond acceptors (Lipinski definition) is 9. The van der Waals surface area contributed by atoms with Crippen LogP contribution in [0.5, 0.6) is 23.0 Å². The largest absolute Gasteiger partial charge is 0.493 e. The normalized spacial score (nSPS) is 16.6. The number of aromatic nitrogens is 5. The standard InChI is InChI=1S/C95H138N7O6S/c1-14-20-26-30-46-101(47-31-27-21-15-2)50-40-94(41-51-101)79-58-70(7)87(71(8)59-79)106-55-35-37-57-108-90-75(12)63-82(66-83(90)77-38-39-85-84(65-77)96-86-91(99(85)44-24-18-5)97-93(104)100(92(86)103)45-25-19-6)95(42-52-102(53-43-95,48-32-28-22-16-3)49-33-29-23-17-4)80-60-72(9)88(73(10)61-80)105-54-34-36-56-107-89-74(11)62-81(94)64-78(89)67-98-69-109-68-76(98)13/h38-39,58-66,68-69H,14-37,40-57,67H2,1-13H3/q+3. The molecule has 17 rings (SSSR count). The van der Waals surface area contributed by atoms with Crippen molar-refractivity contribution in [2.24, 2.45) is 0 Å². The molecule has 2 saturated heterocycles. The zero-order valence-electron chi connectivity index (χ0n) is 69.9. The maximum absolute atomic E-state index is 14.5. The summed E-state index contributed by atoms with van der Waals surface area (Å²) in [7, 11) is 0. The van der Waals surface area contributed by atoms with Crippen molar-refractivity contribution < 1.29 is 32.5 Å². The van der Waals surface area contributed by atoms with Crippen LogP contribution < -0.4 is 34.8 Å². The summed E-state index contributed by atoms with van der Waals surface area (Å²) in [5, 5.41) is 2.27. The van der Waals surface area contributed by atoms with Crippen LogP contribution in [0.1, 0.15) is 288 Å². The number of quaternary nitrogens is 2. The lowest BCUT2D eigenvalue weighted by Gasteiger charge is -2.50. The Morgan fingerprint density at radius 2 is 0.853 bits per heavy atom. The molecule has 109 heavy (non-hydrogen) atoms. The van der Waals surface area contributed by atoms with Crippen molar-refractivity contribution in [1.29, 1.82) is 0 Å². The molecule has 13 nitrogen and oxygen atoms in total. The Morgan fingerprint density at radius 3 is 1.29 bits per heavy atom. The van der Waals surface area contributed by atoms with Gasteiger partial charge in [0.1, 0.15) is 23.0 Å². The number of unbranched alkanes of at least 4 members (excludes halogenated alkanes) is 14. The lowest BCUT2D eigenvalue weighted by Crippen LogP contribution is -2.57. The fourth-order valence-electron chi connectivity index (χ4n) is 19.0. The highest BCUT2D eigenvalue weighted by Crippen LogP contribution is 2.51. The third-order valence-corrected chi connectivity index (χ3v) is 26.5. The number of likely N-dealkylation sites (tertiary alicyclic amines) is 2. The van der Waals surface area contributed by atoms with Crippen molar-refractivity contribution in [3.05, 3.63) is 165 Å². The Morgan fingerprint density at radius 1 is 0.450 bits per heavy atom. The molecule has 0 radical (unpaired) electrons. The minimum absolute atomic E-state index is 0.191. The first kappa shape index (κ1) is 83.1. The molecule has 14 heteroatoms. The number of fused-ring (bicyclic) bond motifs is 2. The van der Waals surface area contributed by atoms with Gasteiger partial charge in [0.25, 0.3) is 5.56 Å². The molecule has 1 aromatic heterocycles. The van der Waals surface area contributed by atoms with Gasteiger partial charge in [-0.3, -0.25) is 9.36 Å². The van der Waals surface area contributed by atoms with Crippen molar-refractivity contribution in [3.8, 4) is 45.6 Å². The Bertz CT molecular complexity index is 4300. The summed E-state index contributed by atoms with van der Waals surface area (Å²) in [6.45, 7) is 43.1. The predicted molar refractivity (Wildman–Crippen MR) is 453 cm³/mol. The number of thiazole rings is 1. The van der Waals surface area contributed by atoms with Crippen LogP contribution in [0.15, 0.2) is 87.2 Å². The molecule has 11 aliphatic rings. The van der Waals surface area contributed by atoms with E-state index in [1.54, 1.807) is 11.3 Å². The van der Waals surface area contributed by atoms with Crippen molar-refractivity contribution in [2.45, 2.75) is 300 Å². The third kappa shape index (κ3) is 19.4. The lowest BCUT2D eigenvalue weighted by molar-refractivity contribution is -0.934. The topological polar surface area (TPSA) is 111 Å². The van der Waals surface area contributed by atoms with Crippen LogP contribution in [0.4, 0.5) is 0 Å². The van der Waals surface area contributed by atoms with Gasteiger partial charge >= 0.3 is 5.69 Å². The second-order valence-electron chi connectivity index (χ2n) is 33.8. The average Bonchev–Trinajstić information content (AvgIpc) is 1.44. The van der Waals surface area contributed by atoms with E-state index >= 15 is 0 Å². The van der Waals surface area contributed by atoms with E-state index in [4.69, 9.17) is 23.9 Å². The number of benzene rings is 5. The maximum Gasteiger partial charge on any atom is 0.352 e. The van der Waals surface area contributed by atoms with Crippen LogP contribution in [-0.2, 0) is 30.5 Å². The first-order valence-electron chi connectivity index (χ1n) is 43.5. The highest BCUT2D eigenvalue weighted by atomic mass is 32.1. The smallest absolute Gasteiger partial charge is 0.352 e. The Hall–Kier alpha value is -6.87. The maximum atomic E-state index is 14.5. The molecule has 6 aromatic rings. The number of piperidine rings is 2. The quantitative estimate of drug-likeness (QED) is 0.0197. The number of nitrogens with zero attached hydrogens (tertiary/aromatic N) is 7. The van der Waals surface area contributed by atoms with Crippen molar-refractivity contribution in [1.82, 2.24) is 19.1 Å². The van der Waals surface area contributed by atoms with Gasteiger partial charge in [-0.05, 0) is 217 Å². The number of hydrogen-bond donors (Lipinski definition) is 0. The summed E-state index contributed by atoms with van der Waals surface area (Å²) < 4.78 is 36.6. The van der Waals surface area contributed by atoms with Crippen LogP contribution in [0, 0.1) is 48.5 Å².